The van der Waals surface area contributed by atoms with Crippen molar-refractivity contribution in [3.05, 3.63) is 0 Å². The Labute approximate surface area is 123 Å². The predicted molar refractivity (Wildman–Crippen MR) is 74.0 cm³/mol. The van der Waals surface area contributed by atoms with Gasteiger partial charge in [0.25, 0.3) is 0 Å². The van der Waals surface area contributed by atoms with Gasteiger partial charge in [0.1, 0.15) is 0 Å². The summed E-state index contributed by atoms with van der Waals surface area (Å²) in [4.78, 5) is 2.22. The first kappa shape index (κ1) is 15.6. The lowest BCUT2D eigenvalue weighted by molar-refractivity contribution is -0.186. The number of aliphatic hydroxyl groups excluding tert-OH is 1. The Morgan fingerprint density at radius 2 is 1.76 bits per heavy atom. The summed E-state index contributed by atoms with van der Waals surface area (Å²) in [5, 5.41) is 13.3. The molecule has 3 fully saturated rings. The second-order valence-electron chi connectivity index (χ2n) is 7.11. The smallest absolute Gasteiger partial charge is 0.391 e. The normalized spacial score (nSPS) is 36.3. The van der Waals surface area contributed by atoms with Crippen molar-refractivity contribution in [3.8, 4) is 0 Å². The number of nitrogens with one attached hydrogen (secondary N) is 1. The Hall–Kier alpha value is -0.330. The number of likely N-dealkylation sites (tertiary alicyclic amines) is 1. The molecule has 1 aliphatic heterocycles. The molecule has 0 spiro atoms. The maximum atomic E-state index is 12.7. The van der Waals surface area contributed by atoms with E-state index >= 15 is 0 Å². The molecule has 1 saturated heterocycles. The van der Waals surface area contributed by atoms with Gasteiger partial charge < -0.3 is 15.3 Å². The van der Waals surface area contributed by atoms with Gasteiger partial charge in [0.05, 0.1) is 12.5 Å². The van der Waals surface area contributed by atoms with Crippen LogP contribution in [0.2, 0.25) is 0 Å². The number of hydrogen-bond acceptors (Lipinski definition) is 3. The zero-order chi connectivity index (χ0) is 15.1. The van der Waals surface area contributed by atoms with Gasteiger partial charge >= 0.3 is 6.18 Å². The Kier molecular flexibility index (Phi) is 4.23. The minimum absolute atomic E-state index is 0.138. The van der Waals surface area contributed by atoms with E-state index in [0.717, 1.165) is 19.3 Å². The molecule has 0 bridgehead atoms. The van der Waals surface area contributed by atoms with Crippen LogP contribution in [-0.4, -0.2) is 53.5 Å². The number of aliphatic hydroxyl groups is 1. The molecule has 1 heterocycles. The van der Waals surface area contributed by atoms with Crippen LogP contribution in [0, 0.1) is 5.92 Å². The number of nitrogens with zero attached hydrogens (tertiary/aromatic N) is 1. The van der Waals surface area contributed by atoms with E-state index < -0.39 is 12.1 Å². The lowest BCUT2D eigenvalue weighted by atomic mass is 9.94. The molecule has 0 amide bonds. The number of hydrogen-bond donors (Lipinski definition) is 2. The Morgan fingerprint density at radius 1 is 1.10 bits per heavy atom. The molecular formula is C15H25F3N2O. The highest BCUT2D eigenvalue weighted by molar-refractivity contribution is 5.03. The van der Waals surface area contributed by atoms with E-state index in [4.69, 9.17) is 0 Å². The molecule has 2 saturated carbocycles. The zero-order valence-corrected chi connectivity index (χ0v) is 12.3. The van der Waals surface area contributed by atoms with Crippen LogP contribution in [-0.2, 0) is 0 Å². The van der Waals surface area contributed by atoms with Crippen molar-refractivity contribution in [1.29, 1.82) is 0 Å². The fourth-order valence-electron chi connectivity index (χ4n) is 3.98. The second-order valence-corrected chi connectivity index (χ2v) is 7.11. The third-order valence-electron chi connectivity index (χ3n) is 5.48. The van der Waals surface area contributed by atoms with Crippen molar-refractivity contribution in [3.63, 3.8) is 0 Å². The molecule has 6 heteroatoms. The molecule has 0 aromatic rings. The van der Waals surface area contributed by atoms with Crippen LogP contribution >= 0.6 is 0 Å². The van der Waals surface area contributed by atoms with E-state index in [1.165, 1.54) is 12.8 Å². The summed E-state index contributed by atoms with van der Waals surface area (Å²) in [5.74, 6) is -1.12. The Morgan fingerprint density at radius 3 is 2.29 bits per heavy atom. The van der Waals surface area contributed by atoms with E-state index in [1.54, 1.807) is 0 Å². The predicted octanol–water partition coefficient (Wildman–Crippen LogP) is 2.30. The second kappa shape index (κ2) is 5.70. The summed E-state index contributed by atoms with van der Waals surface area (Å²) in [6, 6.07) is 0.879. The van der Waals surface area contributed by atoms with Crippen molar-refractivity contribution in [2.45, 2.75) is 68.7 Å². The first-order valence-electron chi connectivity index (χ1n) is 8.11. The van der Waals surface area contributed by atoms with Crippen molar-refractivity contribution in [1.82, 2.24) is 10.2 Å². The Bertz CT molecular complexity index is 364. The van der Waals surface area contributed by atoms with E-state index in [1.807, 2.05) is 0 Å². The molecule has 2 N–H and O–H groups in total. The molecule has 122 valence electrons. The molecule has 2 unspecified atom stereocenters. The van der Waals surface area contributed by atoms with Crippen molar-refractivity contribution in [2.75, 3.05) is 19.7 Å². The minimum Gasteiger partial charge on any atom is -0.394 e. The van der Waals surface area contributed by atoms with E-state index in [2.05, 4.69) is 10.2 Å². The van der Waals surface area contributed by atoms with Gasteiger partial charge in [-0.05, 0) is 58.0 Å². The molecular weight excluding hydrogens is 281 g/mol. The lowest BCUT2D eigenvalue weighted by Crippen LogP contribution is -2.50. The summed E-state index contributed by atoms with van der Waals surface area (Å²) in [6.07, 6.45) is 1.57. The van der Waals surface area contributed by atoms with E-state index in [9.17, 15) is 18.3 Å². The van der Waals surface area contributed by atoms with Gasteiger partial charge in [-0.2, -0.15) is 13.2 Å². The van der Waals surface area contributed by atoms with Gasteiger partial charge in [-0.25, -0.2) is 0 Å². The number of alkyl halides is 3. The van der Waals surface area contributed by atoms with E-state index in [-0.39, 0.29) is 25.0 Å². The van der Waals surface area contributed by atoms with Crippen molar-refractivity contribution in [2.24, 2.45) is 5.92 Å². The maximum Gasteiger partial charge on any atom is 0.391 e. The van der Waals surface area contributed by atoms with Gasteiger partial charge in [0, 0.05) is 17.6 Å². The zero-order valence-electron chi connectivity index (χ0n) is 12.3. The van der Waals surface area contributed by atoms with Gasteiger partial charge in [0.15, 0.2) is 0 Å². The summed E-state index contributed by atoms with van der Waals surface area (Å²) >= 11 is 0. The van der Waals surface area contributed by atoms with Gasteiger partial charge in [0.2, 0.25) is 0 Å². The molecule has 3 aliphatic rings. The average molecular weight is 306 g/mol. The summed E-state index contributed by atoms with van der Waals surface area (Å²) < 4.78 is 38.1. The van der Waals surface area contributed by atoms with Crippen LogP contribution in [0.1, 0.15) is 44.9 Å². The van der Waals surface area contributed by atoms with Crippen LogP contribution in [0.15, 0.2) is 0 Å². The maximum absolute atomic E-state index is 12.7. The standard InChI is InChI=1S/C15H25F3N2O/c16-15(17,18)11-4-7-20(8-5-11)13-3-6-14(9-13,10-21)19-12-1-2-12/h11-13,19,21H,1-10H2. The monoisotopic (exact) mass is 306 g/mol. The number of piperidine rings is 1. The summed E-state index contributed by atoms with van der Waals surface area (Å²) in [6.45, 7) is 1.22. The van der Waals surface area contributed by atoms with E-state index in [0.29, 0.717) is 25.2 Å². The lowest BCUT2D eigenvalue weighted by Gasteiger charge is -2.37. The summed E-state index contributed by atoms with van der Waals surface area (Å²) in [7, 11) is 0. The molecule has 2 atom stereocenters. The molecule has 0 aromatic carbocycles. The van der Waals surface area contributed by atoms with Gasteiger partial charge in [-0.3, -0.25) is 0 Å². The highest BCUT2D eigenvalue weighted by atomic mass is 19.4. The van der Waals surface area contributed by atoms with Crippen LogP contribution in [0.4, 0.5) is 13.2 Å². The van der Waals surface area contributed by atoms with Crippen LogP contribution in [0.5, 0.6) is 0 Å². The highest BCUT2D eigenvalue weighted by Crippen LogP contribution is 2.39. The molecule has 21 heavy (non-hydrogen) atoms. The van der Waals surface area contributed by atoms with Gasteiger partial charge in [-0.15, -0.1) is 0 Å². The third kappa shape index (κ3) is 3.54. The summed E-state index contributed by atoms with van der Waals surface area (Å²) in [5.41, 5.74) is -0.188. The topological polar surface area (TPSA) is 35.5 Å². The third-order valence-corrected chi connectivity index (χ3v) is 5.48. The molecule has 0 radical (unpaired) electrons. The van der Waals surface area contributed by atoms with Gasteiger partial charge in [-0.1, -0.05) is 0 Å². The molecule has 3 nitrogen and oxygen atoms in total. The van der Waals surface area contributed by atoms with Crippen LogP contribution < -0.4 is 5.32 Å². The highest BCUT2D eigenvalue weighted by Gasteiger charge is 2.46. The number of rotatable bonds is 4. The van der Waals surface area contributed by atoms with Crippen LogP contribution in [0.3, 0.4) is 0 Å². The fraction of sp³-hybridized carbons (Fsp3) is 1.00. The minimum atomic E-state index is -4.04. The Balaban J connectivity index is 1.52. The first-order chi connectivity index (χ1) is 9.92. The SMILES string of the molecule is OCC1(NC2CC2)CCC(N2CCC(C(F)(F)F)CC2)C1. The van der Waals surface area contributed by atoms with Crippen molar-refractivity contribution < 1.29 is 18.3 Å². The molecule has 0 aromatic heterocycles. The largest absolute Gasteiger partial charge is 0.394 e. The number of halogens is 3. The fourth-order valence-corrected chi connectivity index (χ4v) is 3.98. The van der Waals surface area contributed by atoms with Crippen molar-refractivity contribution >= 4 is 0 Å². The average Bonchev–Trinajstić information content (AvgIpc) is 3.15. The van der Waals surface area contributed by atoms with Crippen LogP contribution in [0.25, 0.3) is 0 Å². The molecule has 2 aliphatic carbocycles. The molecule has 3 rings (SSSR count). The quantitative estimate of drug-likeness (QED) is 0.836. The first-order valence-corrected chi connectivity index (χ1v) is 8.11.